The first-order chi connectivity index (χ1) is 7.76. The van der Waals surface area contributed by atoms with E-state index in [0.717, 1.165) is 18.5 Å². The molecule has 0 atom stereocenters. The van der Waals surface area contributed by atoms with Gasteiger partial charge in [0.1, 0.15) is 6.07 Å². The molecule has 1 saturated carbocycles. The van der Waals surface area contributed by atoms with Gasteiger partial charge in [-0.2, -0.15) is 5.26 Å². The number of pyridine rings is 1. The molecule has 0 aliphatic heterocycles. The fourth-order valence-electron chi connectivity index (χ4n) is 1.54. The van der Waals surface area contributed by atoms with Crippen molar-refractivity contribution in [1.82, 2.24) is 4.98 Å². The SMILES string of the molecule is CCOC(=O)c1ccc(C2CC2)nc1C#N. The van der Waals surface area contributed by atoms with Crippen LogP contribution in [0.15, 0.2) is 12.1 Å². The van der Waals surface area contributed by atoms with Crippen molar-refractivity contribution in [2.45, 2.75) is 25.7 Å². The molecule has 1 heterocycles. The zero-order chi connectivity index (χ0) is 11.5. The van der Waals surface area contributed by atoms with Crippen LogP contribution >= 0.6 is 0 Å². The van der Waals surface area contributed by atoms with Crippen LogP contribution in [0.2, 0.25) is 0 Å². The highest BCUT2D eigenvalue weighted by Gasteiger charge is 2.26. The lowest BCUT2D eigenvalue weighted by Crippen LogP contribution is -2.09. The molecule has 2 rings (SSSR count). The Bertz CT molecular complexity index is 459. The van der Waals surface area contributed by atoms with Crippen molar-refractivity contribution in [3.05, 3.63) is 29.1 Å². The van der Waals surface area contributed by atoms with Crippen LogP contribution in [0.25, 0.3) is 0 Å². The quantitative estimate of drug-likeness (QED) is 0.725. The summed E-state index contributed by atoms with van der Waals surface area (Å²) in [6, 6.07) is 5.39. The van der Waals surface area contributed by atoms with E-state index in [4.69, 9.17) is 10.00 Å². The highest BCUT2D eigenvalue weighted by molar-refractivity contribution is 5.91. The molecule has 0 aromatic carbocycles. The largest absolute Gasteiger partial charge is 0.462 e. The monoisotopic (exact) mass is 216 g/mol. The second-order valence-electron chi connectivity index (χ2n) is 3.74. The van der Waals surface area contributed by atoms with E-state index in [1.165, 1.54) is 0 Å². The maximum Gasteiger partial charge on any atom is 0.341 e. The molecule has 82 valence electrons. The third-order valence-corrected chi connectivity index (χ3v) is 2.51. The van der Waals surface area contributed by atoms with E-state index in [9.17, 15) is 4.79 Å². The normalized spacial score (nSPS) is 14.2. The third-order valence-electron chi connectivity index (χ3n) is 2.51. The Morgan fingerprint density at radius 2 is 2.38 bits per heavy atom. The number of rotatable bonds is 3. The fraction of sp³-hybridized carbons (Fsp3) is 0.417. The predicted molar refractivity (Wildman–Crippen MR) is 56.9 cm³/mol. The van der Waals surface area contributed by atoms with Crippen molar-refractivity contribution >= 4 is 5.97 Å². The van der Waals surface area contributed by atoms with Crippen LogP contribution in [0.1, 0.15) is 47.4 Å². The van der Waals surface area contributed by atoms with Crippen LogP contribution < -0.4 is 0 Å². The second-order valence-corrected chi connectivity index (χ2v) is 3.74. The van der Waals surface area contributed by atoms with Crippen molar-refractivity contribution in [3.63, 3.8) is 0 Å². The summed E-state index contributed by atoms with van der Waals surface area (Å²) < 4.78 is 4.86. The number of nitriles is 1. The smallest absolute Gasteiger partial charge is 0.341 e. The Morgan fingerprint density at radius 1 is 1.62 bits per heavy atom. The number of aromatic nitrogens is 1. The van der Waals surface area contributed by atoms with Gasteiger partial charge in [0.05, 0.1) is 12.2 Å². The molecule has 1 aromatic rings. The number of hydrogen-bond donors (Lipinski definition) is 0. The number of carbonyl (C=O) groups is 1. The average Bonchev–Trinajstić information content (AvgIpc) is 3.12. The molecule has 0 N–H and O–H groups in total. The Labute approximate surface area is 93.9 Å². The van der Waals surface area contributed by atoms with E-state index >= 15 is 0 Å². The molecule has 0 unspecified atom stereocenters. The van der Waals surface area contributed by atoms with Gasteiger partial charge >= 0.3 is 5.97 Å². The van der Waals surface area contributed by atoms with E-state index in [1.54, 1.807) is 13.0 Å². The van der Waals surface area contributed by atoms with Crippen molar-refractivity contribution in [1.29, 1.82) is 5.26 Å². The van der Waals surface area contributed by atoms with E-state index in [-0.39, 0.29) is 11.3 Å². The first-order valence-electron chi connectivity index (χ1n) is 5.34. The molecule has 0 radical (unpaired) electrons. The van der Waals surface area contributed by atoms with Gasteiger partial charge in [-0.1, -0.05) is 0 Å². The van der Waals surface area contributed by atoms with Crippen LogP contribution in [-0.4, -0.2) is 17.6 Å². The first-order valence-corrected chi connectivity index (χ1v) is 5.34. The second kappa shape index (κ2) is 4.31. The van der Waals surface area contributed by atoms with Crippen molar-refractivity contribution < 1.29 is 9.53 Å². The molecule has 0 amide bonds. The van der Waals surface area contributed by atoms with Crippen LogP contribution in [0.4, 0.5) is 0 Å². The topological polar surface area (TPSA) is 63.0 Å². The zero-order valence-electron chi connectivity index (χ0n) is 9.06. The lowest BCUT2D eigenvalue weighted by molar-refractivity contribution is 0.0525. The van der Waals surface area contributed by atoms with Crippen LogP contribution in [-0.2, 0) is 4.74 Å². The Morgan fingerprint density at radius 3 is 2.94 bits per heavy atom. The molecule has 1 fully saturated rings. The summed E-state index contributed by atoms with van der Waals surface area (Å²) in [6.45, 7) is 2.03. The van der Waals surface area contributed by atoms with E-state index < -0.39 is 5.97 Å². The Hall–Kier alpha value is -1.89. The van der Waals surface area contributed by atoms with Gasteiger partial charge in [0.15, 0.2) is 5.69 Å². The summed E-state index contributed by atoms with van der Waals surface area (Å²) in [4.78, 5) is 15.7. The van der Waals surface area contributed by atoms with E-state index in [0.29, 0.717) is 12.5 Å². The number of carbonyl (C=O) groups excluding carboxylic acids is 1. The number of hydrogen-bond acceptors (Lipinski definition) is 4. The van der Waals surface area contributed by atoms with Gasteiger partial charge in [0.25, 0.3) is 0 Å². The van der Waals surface area contributed by atoms with Crippen molar-refractivity contribution in [2.75, 3.05) is 6.61 Å². The van der Waals surface area contributed by atoms with Crippen molar-refractivity contribution in [3.8, 4) is 6.07 Å². The minimum atomic E-state index is -0.478. The molecule has 0 saturated heterocycles. The molecule has 1 aliphatic rings. The predicted octanol–water partition coefficient (Wildman–Crippen LogP) is 2.01. The standard InChI is InChI=1S/C12H12N2O2/c1-2-16-12(15)9-5-6-10(8-3-4-8)14-11(9)7-13/h5-6,8H,2-4H2,1H3. The van der Waals surface area contributed by atoms with Gasteiger partial charge in [0.2, 0.25) is 0 Å². The molecule has 1 aromatic heterocycles. The summed E-state index contributed by atoms with van der Waals surface area (Å²) in [5.74, 6) is -0.00255. The maximum atomic E-state index is 11.5. The highest BCUT2D eigenvalue weighted by atomic mass is 16.5. The van der Waals surface area contributed by atoms with Crippen molar-refractivity contribution in [2.24, 2.45) is 0 Å². The van der Waals surface area contributed by atoms with Gasteiger partial charge < -0.3 is 4.74 Å². The summed E-state index contributed by atoms with van der Waals surface area (Å²) in [6.07, 6.45) is 2.24. The first kappa shape index (κ1) is 10.6. The van der Waals surface area contributed by atoms with Gasteiger partial charge in [-0.25, -0.2) is 9.78 Å². The molecular weight excluding hydrogens is 204 g/mol. The van der Waals surface area contributed by atoms with Crippen LogP contribution in [0.5, 0.6) is 0 Å². The molecular formula is C12H12N2O2. The molecule has 16 heavy (non-hydrogen) atoms. The fourth-order valence-corrected chi connectivity index (χ4v) is 1.54. The summed E-state index contributed by atoms with van der Waals surface area (Å²) in [7, 11) is 0. The molecule has 1 aliphatic carbocycles. The number of esters is 1. The molecule has 0 spiro atoms. The number of nitrogens with zero attached hydrogens (tertiary/aromatic N) is 2. The van der Waals surface area contributed by atoms with Crippen LogP contribution in [0, 0.1) is 11.3 Å². The minimum Gasteiger partial charge on any atom is -0.462 e. The lowest BCUT2D eigenvalue weighted by atomic mass is 10.1. The van der Waals surface area contributed by atoms with Gasteiger partial charge in [-0.05, 0) is 31.9 Å². The third kappa shape index (κ3) is 2.03. The average molecular weight is 216 g/mol. The molecule has 4 heteroatoms. The Kier molecular flexibility index (Phi) is 2.86. The lowest BCUT2D eigenvalue weighted by Gasteiger charge is -2.04. The summed E-state index contributed by atoms with van der Waals surface area (Å²) in [5, 5.41) is 8.94. The van der Waals surface area contributed by atoms with Gasteiger partial charge in [-0.15, -0.1) is 0 Å². The van der Waals surface area contributed by atoms with E-state index in [2.05, 4.69) is 4.98 Å². The molecule has 4 nitrogen and oxygen atoms in total. The van der Waals surface area contributed by atoms with Gasteiger partial charge in [-0.3, -0.25) is 0 Å². The highest BCUT2D eigenvalue weighted by Crippen LogP contribution is 2.39. The maximum absolute atomic E-state index is 11.5. The molecule has 0 bridgehead atoms. The summed E-state index contributed by atoms with van der Waals surface area (Å²) >= 11 is 0. The van der Waals surface area contributed by atoms with Crippen LogP contribution in [0.3, 0.4) is 0 Å². The Balaban J connectivity index is 2.31. The minimum absolute atomic E-state index is 0.169. The zero-order valence-corrected chi connectivity index (χ0v) is 9.06. The van der Waals surface area contributed by atoms with E-state index in [1.807, 2.05) is 12.1 Å². The summed E-state index contributed by atoms with van der Waals surface area (Å²) in [5.41, 5.74) is 1.33. The number of ether oxygens (including phenoxy) is 1. The van der Waals surface area contributed by atoms with Gasteiger partial charge in [0, 0.05) is 11.6 Å².